The van der Waals surface area contributed by atoms with Gasteiger partial charge in [-0.1, -0.05) is 0 Å². The van der Waals surface area contributed by atoms with Crippen molar-refractivity contribution in [1.82, 2.24) is 15.2 Å². The van der Waals surface area contributed by atoms with Gasteiger partial charge in [0, 0.05) is 5.92 Å². The summed E-state index contributed by atoms with van der Waals surface area (Å²) in [4.78, 5) is 3.58. The van der Waals surface area contributed by atoms with Gasteiger partial charge in [-0.15, -0.1) is 28.3 Å². The number of halogens is 2. The quantitative estimate of drug-likeness (QED) is 0.810. The van der Waals surface area contributed by atoms with Crippen molar-refractivity contribution in [2.45, 2.75) is 15.9 Å². The van der Waals surface area contributed by atoms with Crippen LogP contribution in [0.3, 0.4) is 0 Å². The van der Waals surface area contributed by atoms with Crippen molar-refractivity contribution < 1.29 is 8.42 Å². The summed E-state index contributed by atoms with van der Waals surface area (Å²) >= 11 is 11.5. The minimum atomic E-state index is -3.45. The van der Waals surface area contributed by atoms with E-state index in [9.17, 15) is 8.42 Å². The molecule has 2 rings (SSSR count). The number of alkyl halides is 2. The van der Waals surface area contributed by atoms with Gasteiger partial charge in [0.2, 0.25) is 9.84 Å². The van der Waals surface area contributed by atoms with Gasteiger partial charge in [-0.3, -0.25) is 5.10 Å². The van der Waals surface area contributed by atoms with Crippen molar-refractivity contribution >= 4 is 33.0 Å². The van der Waals surface area contributed by atoms with Crippen LogP contribution in [0.15, 0.2) is 11.5 Å². The molecule has 0 bridgehead atoms. The second-order valence-electron chi connectivity index (χ2n) is 3.23. The largest absolute Gasteiger partial charge is 0.266 e. The molecule has 8 heteroatoms. The molecule has 78 valence electrons. The molecule has 1 aliphatic carbocycles. The molecule has 1 aromatic rings. The third-order valence-corrected chi connectivity index (χ3v) is 4.57. The monoisotopic (exact) mass is 255 g/mol. The van der Waals surface area contributed by atoms with Crippen LogP contribution in [0, 0.1) is 5.92 Å². The molecule has 0 aliphatic heterocycles. The Morgan fingerprint density at radius 2 is 2.29 bits per heavy atom. The fourth-order valence-corrected chi connectivity index (χ4v) is 3.33. The number of sulfone groups is 1. The van der Waals surface area contributed by atoms with Crippen molar-refractivity contribution in [3.8, 4) is 0 Å². The molecule has 1 aromatic heterocycles. The molecule has 0 spiro atoms. The summed E-state index contributed by atoms with van der Waals surface area (Å²) in [5.41, 5.74) is 0. The van der Waals surface area contributed by atoms with Gasteiger partial charge in [0.1, 0.15) is 10.7 Å². The van der Waals surface area contributed by atoms with E-state index in [0.29, 0.717) is 6.42 Å². The minimum Gasteiger partial charge on any atom is -0.265 e. The number of nitrogens with one attached hydrogen (secondary N) is 1. The van der Waals surface area contributed by atoms with Crippen molar-refractivity contribution in [1.29, 1.82) is 0 Å². The number of nitrogens with zero attached hydrogens (tertiary/aromatic N) is 2. The van der Waals surface area contributed by atoms with E-state index in [0.717, 1.165) is 0 Å². The van der Waals surface area contributed by atoms with E-state index in [1.54, 1.807) is 0 Å². The predicted octanol–water partition coefficient (Wildman–Crippen LogP) is 0.772. The van der Waals surface area contributed by atoms with E-state index in [1.807, 2.05) is 0 Å². The van der Waals surface area contributed by atoms with Crippen molar-refractivity contribution in [3.63, 3.8) is 0 Å². The topological polar surface area (TPSA) is 75.7 Å². The van der Waals surface area contributed by atoms with Crippen LogP contribution in [-0.2, 0) is 9.84 Å². The first-order chi connectivity index (χ1) is 6.42. The second kappa shape index (κ2) is 3.08. The van der Waals surface area contributed by atoms with Gasteiger partial charge in [-0.2, -0.15) is 0 Å². The highest BCUT2D eigenvalue weighted by Crippen LogP contribution is 2.53. The lowest BCUT2D eigenvalue weighted by atomic mass is 10.5. The van der Waals surface area contributed by atoms with Crippen LogP contribution in [0.25, 0.3) is 0 Å². The Hall–Kier alpha value is -0.330. The Balaban J connectivity index is 2.12. The Morgan fingerprint density at radius 3 is 2.71 bits per heavy atom. The predicted molar refractivity (Wildman–Crippen MR) is 51.0 cm³/mol. The average molecular weight is 256 g/mol. The zero-order chi connectivity index (χ0) is 10.4. The number of rotatable bonds is 3. The van der Waals surface area contributed by atoms with E-state index < -0.39 is 14.2 Å². The van der Waals surface area contributed by atoms with Gasteiger partial charge in [-0.05, 0) is 6.42 Å². The highest BCUT2D eigenvalue weighted by atomic mass is 35.5. The first-order valence-electron chi connectivity index (χ1n) is 3.88. The van der Waals surface area contributed by atoms with Crippen LogP contribution in [0.2, 0.25) is 0 Å². The van der Waals surface area contributed by atoms with Gasteiger partial charge in [-0.25, -0.2) is 13.4 Å². The molecular formula is C6H7Cl2N3O2S. The van der Waals surface area contributed by atoms with Crippen LogP contribution < -0.4 is 0 Å². The van der Waals surface area contributed by atoms with Gasteiger partial charge >= 0.3 is 0 Å². The zero-order valence-corrected chi connectivity index (χ0v) is 9.27. The normalized spacial score (nSPS) is 24.9. The summed E-state index contributed by atoms with van der Waals surface area (Å²) in [5.74, 6) is -0.313. The Bertz CT molecular complexity index is 428. The number of hydrogen-bond acceptors (Lipinski definition) is 4. The summed E-state index contributed by atoms with van der Waals surface area (Å²) < 4.78 is 22.3. The Labute approximate surface area is 90.7 Å². The number of aromatic nitrogens is 3. The van der Waals surface area contributed by atoms with Crippen molar-refractivity contribution in [2.24, 2.45) is 5.92 Å². The Kier molecular flexibility index (Phi) is 2.24. The minimum absolute atomic E-state index is 0.0994. The molecule has 5 nitrogen and oxygen atoms in total. The van der Waals surface area contributed by atoms with E-state index in [-0.39, 0.29) is 16.8 Å². The van der Waals surface area contributed by atoms with Gasteiger partial charge < -0.3 is 0 Å². The van der Waals surface area contributed by atoms with Crippen LogP contribution in [0.5, 0.6) is 0 Å². The van der Waals surface area contributed by atoms with E-state index in [1.165, 1.54) is 6.33 Å². The maximum absolute atomic E-state index is 11.6. The summed E-state index contributed by atoms with van der Waals surface area (Å²) in [7, 11) is -3.45. The third kappa shape index (κ3) is 1.87. The molecule has 1 heterocycles. The van der Waals surface area contributed by atoms with Crippen molar-refractivity contribution in [2.75, 3.05) is 5.75 Å². The van der Waals surface area contributed by atoms with Gasteiger partial charge in [0.05, 0.1) is 5.75 Å². The molecule has 1 aliphatic rings. The molecule has 0 saturated heterocycles. The summed E-state index contributed by atoms with van der Waals surface area (Å²) in [6, 6.07) is 0. The molecule has 1 N–H and O–H groups in total. The molecule has 14 heavy (non-hydrogen) atoms. The molecule has 1 unspecified atom stereocenters. The van der Waals surface area contributed by atoms with Crippen LogP contribution in [-0.4, -0.2) is 33.7 Å². The van der Waals surface area contributed by atoms with Crippen LogP contribution in [0.1, 0.15) is 6.42 Å². The molecular weight excluding hydrogens is 249 g/mol. The highest BCUT2D eigenvalue weighted by molar-refractivity contribution is 7.91. The highest BCUT2D eigenvalue weighted by Gasteiger charge is 2.53. The second-order valence-corrected chi connectivity index (χ2v) is 6.70. The lowest BCUT2D eigenvalue weighted by Gasteiger charge is -1.98. The van der Waals surface area contributed by atoms with Crippen LogP contribution >= 0.6 is 23.2 Å². The maximum atomic E-state index is 11.6. The molecule has 0 amide bonds. The number of H-pyrrole nitrogens is 1. The fraction of sp³-hybridized carbons (Fsp3) is 0.667. The SMILES string of the molecule is O=S(=O)(CC1CC1(Cl)Cl)c1nc[nH]n1. The van der Waals surface area contributed by atoms with E-state index in [2.05, 4.69) is 15.2 Å². The number of aromatic amines is 1. The summed E-state index contributed by atoms with van der Waals surface area (Å²) in [5, 5.41) is 5.65. The van der Waals surface area contributed by atoms with Crippen LogP contribution in [0.4, 0.5) is 0 Å². The first-order valence-corrected chi connectivity index (χ1v) is 6.29. The molecule has 1 saturated carbocycles. The molecule has 1 fully saturated rings. The van der Waals surface area contributed by atoms with Gasteiger partial charge in [0.15, 0.2) is 0 Å². The summed E-state index contributed by atoms with van der Waals surface area (Å²) in [6.07, 6.45) is 1.72. The third-order valence-electron chi connectivity index (χ3n) is 2.05. The fourth-order valence-electron chi connectivity index (χ4n) is 1.14. The zero-order valence-electron chi connectivity index (χ0n) is 6.94. The van der Waals surface area contributed by atoms with Gasteiger partial charge in [0.25, 0.3) is 5.16 Å². The molecule has 0 radical (unpaired) electrons. The first kappa shape index (κ1) is 10.2. The smallest absolute Gasteiger partial charge is 0.265 e. The Morgan fingerprint density at radius 1 is 1.64 bits per heavy atom. The summed E-state index contributed by atoms with van der Waals surface area (Å²) in [6.45, 7) is 0. The lowest BCUT2D eigenvalue weighted by Crippen LogP contribution is -2.12. The molecule has 1 atom stereocenters. The van der Waals surface area contributed by atoms with Crippen molar-refractivity contribution in [3.05, 3.63) is 6.33 Å². The van der Waals surface area contributed by atoms with E-state index >= 15 is 0 Å². The maximum Gasteiger partial charge on any atom is 0.266 e. The van der Waals surface area contributed by atoms with E-state index in [4.69, 9.17) is 23.2 Å². The number of hydrogen-bond donors (Lipinski definition) is 1. The average Bonchev–Trinajstić information content (AvgIpc) is 2.57. The standard InChI is InChI=1S/C6H7Cl2N3O2S/c7-6(8)1-4(6)2-14(12,13)5-9-3-10-11-5/h3-4H,1-2H2,(H,9,10,11). The lowest BCUT2D eigenvalue weighted by molar-refractivity contribution is 0.583. The molecule has 0 aromatic carbocycles.